The molecule has 1 amide bonds. The van der Waals surface area contributed by atoms with Crippen LogP contribution in [-0.4, -0.2) is 47.2 Å². The smallest absolute Gasteiger partial charge is 0.339 e. The van der Waals surface area contributed by atoms with Crippen molar-refractivity contribution in [1.29, 1.82) is 0 Å². The number of anilines is 2. The fourth-order valence-corrected chi connectivity index (χ4v) is 6.21. The van der Waals surface area contributed by atoms with E-state index >= 15 is 0 Å². The van der Waals surface area contributed by atoms with E-state index in [4.69, 9.17) is 37.4 Å². The van der Waals surface area contributed by atoms with Crippen LogP contribution in [-0.2, 0) is 14.8 Å². The molecule has 0 aromatic heterocycles. The van der Waals surface area contributed by atoms with E-state index in [-0.39, 0.29) is 50.7 Å². The number of fused-ring (bicyclic) bond motifs is 1. The monoisotopic (exact) mass is 592 g/mol. The average Bonchev–Trinajstić information content (AvgIpc) is 2.89. The average molecular weight is 593 g/mol. The fourth-order valence-electron chi connectivity index (χ4n) is 4.03. The Kier molecular flexibility index (Phi) is 8.89. The number of halogens is 2. The van der Waals surface area contributed by atoms with Gasteiger partial charge >= 0.3 is 5.97 Å². The third kappa shape index (κ3) is 6.24. The molecule has 0 bridgehead atoms. The van der Waals surface area contributed by atoms with Gasteiger partial charge in [0.25, 0.3) is 15.9 Å². The molecule has 39 heavy (non-hydrogen) atoms. The number of nitrogens with one attached hydrogen (secondary N) is 1. The van der Waals surface area contributed by atoms with Gasteiger partial charge in [-0.3, -0.25) is 9.10 Å². The van der Waals surface area contributed by atoms with E-state index in [2.05, 4.69) is 5.32 Å². The molecular formula is C27H26Cl2N2O7S. The van der Waals surface area contributed by atoms with Crippen molar-refractivity contribution in [2.24, 2.45) is 0 Å². The van der Waals surface area contributed by atoms with Gasteiger partial charge in [-0.1, -0.05) is 23.2 Å². The van der Waals surface area contributed by atoms with Gasteiger partial charge in [-0.05, 0) is 74.4 Å². The Bertz CT molecular complexity index is 1510. The lowest BCUT2D eigenvalue weighted by Crippen LogP contribution is -2.34. The van der Waals surface area contributed by atoms with E-state index in [0.717, 1.165) is 0 Å². The van der Waals surface area contributed by atoms with Gasteiger partial charge in [-0.2, -0.15) is 0 Å². The van der Waals surface area contributed by atoms with Crippen molar-refractivity contribution in [3.05, 3.63) is 75.8 Å². The van der Waals surface area contributed by atoms with Crippen molar-refractivity contribution in [3.63, 3.8) is 0 Å². The molecule has 12 heteroatoms. The SMILES string of the molecule is CCOC(=O)c1ccc(NC(=O)c2ccc3c(c2)N(S(=O)(=O)c2cc(Cl)ccc2OC)CCCCO3)cc1Cl. The molecule has 9 nitrogen and oxygen atoms in total. The molecular weight excluding hydrogens is 567 g/mol. The highest BCUT2D eigenvalue weighted by molar-refractivity contribution is 7.93. The molecule has 0 saturated carbocycles. The molecule has 3 aromatic rings. The summed E-state index contributed by atoms with van der Waals surface area (Å²) in [6, 6.07) is 13.3. The zero-order chi connectivity index (χ0) is 28.2. The van der Waals surface area contributed by atoms with Crippen molar-refractivity contribution in [2.75, 3.05) is 36.5 Å². The van der Waals surface area contributed by atoms with Gasteiger partial charge in [0.05, 0.1) is 36.6 Å². The highest BCUT2D eigenvalue weighted by Gasteiger charge is 2.32. The maximum atomic E-state index is 13.9. The summed E-state index contributed by atoms with van der Waals surface area (Å²) in [7, 11) is -2.78. The van der Waals surface area contributed by atoms with Crippen molar-refractivity contribution in [1.82, 2.24) is 0 Å². The number of ether oxygens (including phenoxy) is 3. The van der Waals surface area contributed by atoms with Crippen molar-refractivity contribution >= 4 is 56.5 Å². The number of carbonyl (C=O) groups excluding carboxylic acids is 2. The van der Waals surface area contributed by atoms with Crippen LogP contribution in [0.2, 0.25) is 10.0 Å². The maximum Gasteiger partial charge on any atom is 0.339 e. The molecule has 0 fully saturated rings. The number of rotatable bonds is 7. The Hall–Kier alpha value is -3.47. The molecule has 1 N–H and O–H groups in total. The molecule has 3 aromatic carbocycles. The lowest BCUT2D eigenvalue weighted by Gasteiger charge is -2.29. The van der Waals surface area contributed by atoms with Crippen LogP contribution in [0.1, 0.15) is 40.5 Å². The third-order valence-corrected chi connectivity index (χ3v) is 8.30. The largest absolute Gasteiger partial charge is 0.495 e. The first kappa shape index (κ1) is 28.5. The van der Waals surface area contributed by atoms with Crippen LogP contribution in [0.5, 0.6) is 11.5 Å². The molecule has 0 aliphatic carbocycles. The number of hydrogen-bond acceptors (Lipinski definition) is 7. The Morgan fingerprint density at radius 2 is 1.85 bits per heavy atom. The fraction of sp³-hybridized carbons (Fsp3) is 0.259. The number of benzene rings is 3. The summed E-state index contributed by atoms with van der Waals surface area (Å²) >= 11 is 12.3. The lowest BCUT2D eigenvalue weighted by molar-refractivity contribution is 0.0526. The van der Waals surface area contributed by atoms with Crippen LogP contribution in [0.4, 0.5) is 11.4 Å². The predicted octanol–water partition coefficient (Wildman–Crippen LogP) is 5.80. The molecule has 1 aliphatic rings. The molecule has 1 heterocycles. The van der Waals surface area contributed by atoms with Crippen LogP contribution < -0.4 is 19.1 Å². The molecule has 206 valence electrons. The summed E-state index contributed by atoms with van der Waals surface area (Å²) < 4.78 is 45.0. The summed E-state index contributed by atoms with van der Waals surface area (Å²) in [5.74, 6) is -0.629. The summed E-state index contributed by atoms with van der Waals surface area (Å²) in [6.07, 6.45) is 1.17. The van der Waals surface area contributed by atoms with Crippen LogP contribution in [0.15, 0.2) is 59.5 Å². The van der Waals surface area contributed by atoms with E-state index in [1.807, 2.05) is 0 Å². The Morgan fingerprint density at radius 1 is 1.05 bits per heavy atom. The van der Waals surface area contributed by atoms with Crippen molar-refractivity contribution < 1.29 is 32.2 Å². The minimum Gasteiger partial charge on any atom is -0.495 e. The number of carbonyl (C=O) groups is 2. The van der Waals surface area contributed by atoms with Crippen molar-refractivity contribution in [2.45, 2.75) is 24.7 Å². The third-order valence-electron chi connectivity index (χ3n) is 5.92. The molecule has 0 radical (unpaired) electrons. The van der Waals surface area contributed by atoms with Gasteiger partial charge in [0, 0.05) is 22.8 Å². The molecule has 1 aliphatic heterocycles. The van der Waals surface area contributed by atoms with Crippen LogP contribution in [0.3, 0.4) is 0 Å². The Labute approximate surface area is 236 Å². The minimum absolute atomic E-state index is 0.102. The number of sulfonamides is 1. The van der Waals surface area contributed by atoms with E-state index in [1.165, 1.54) is 59.9 Å². The van der Waals surface area contributed by atoms with Gasteiger partial charge in [0.15, 0.2) is 0 Å². The van der Waals surface area contributed by atoms with E-state index < -0.39 is 21.9 Å². The lowest BCUT2D eigenvalue weighted by atomic mass is 10.1. The van der Waals surface area contributed by atoms with Gasteiger partial charge in [0.2, 0.25) is 0 Å². The maximum absolute atomic E-state index is 13.9. The highest BCUT2D eigenvalue weighted by atomic mass is 35.5. The van der Waals surface area contributed by atoms with E-state index in [9.17, 15) is 18.0 Å². The Balaban J connectivity index is 1.69. The Morgan fingerprint density at radius 3 is 2.56 bits per heavy atom. The molecule has 4 rings (SSSR count). The van der Waals surface area contributed by atoms with Gasteiger partial charge in [0.1, 0.15) is 16.4 Å². The number of methoxy groups -OCH3 is 1. The topological polar surface area (TPSA) is 111 Å². The first-order valence-electron chi connectivity index (χ1n) is 12.1. The van der Waals surface area contributed by atoms with Gasteiger partial charge < -0.3 is 19.5 Å². The van der Waals surface area contributed by atoms with E-state index in [0.29, 0.717) is 30.9 Å². The summed E-state index contributed by atoms with van der Waals surface area (Å²) in [4.78, 5) is 25.1. The summed E-state index contributed by atoms with van der Waals surface area (Å²) in [5, 5.41) is 3.07. The van der Waals surface area contributed by atoms with Crippen LogP contribution in [0, 0.1) is 0 Å². The zero-order valence-electron chi connectivity index (χ0n) is 21.2. The number of esters is 1. The summed E-state index contributed by atoms with van der Waals surface area (Å²) in [5.41, 5.74) is 0.906. The van der Waals surface area contributed by atoms with E-state index in [1.54, 1.807) is 13.0 Å². The second-order valence-electron chi connectivity index (χ2n) is 8.48. The van der Waals surface area contributed by atoms with Gasteiger partial charge in [-0.15, -0.1) is 0 Å². The predicted molar refractivity (Wildman–Crippen MR) is 149 cm³/mol. The van der Waals surface area contributed by atoms with Crippen LogP contribution >= 0.6 is 23.2 Å². The minimum atomic E-state index is -4.15. The number of amides is 1. The number of hydrogen-bond donors (Lipinski definition) is 1. The molecule has 0 saturated heterocycles. The molecule has 0 unspecified atom stereocenters. The second-order valence-corrected chi connectivity index (χ2v) is 11.2. The second kappa shape index (κ2) is 12.1. The highest BCUT2D eigenvalue weighted by Crippen LogP contribution is 2.38. The molecule has 0 spiro atoms. The van der Waals surface area contributed by atoms with Crippen molar-refractivity contribution in [3.8, 4) is 11.5 Å². The molecule has 0 atom stereocenters. The number of nitrogens with zero attached hydrogens (tertiary/aromatic N) is 1. The first-order valence-corrected chi connectivity index (χ1v) is 14.3. The quantitative estimate of drug-likeness (QED) is 0.345. The first-order chi connectivity index (χ1) is 18.6. The summed E-state index contributed by atoms with van der Waals surface area (Å²) in [6.45, 7) is 2.45. The van der Waals surface area contributed by atoms with Gasteiger partial charge in [-0.25, -0.2) is 13.2 Å². The zero-order valence-corrected chi connectivity index (χ0v) is 23.5. The normalized spacial score (nSPS) is 13.4. The van der Waals surface area contributed by atoms with Crippen LogP contribution in [0.25, 0.3) is 0 Å². The standard InChI is InChI=1S/C27H26Cl2N2O7S/c1-3-37-27(33)20-9-8-19(16-21(20)29)30-26(32)17-6-10-23-22(14-17)31(12-4-5-13-38-23)39(34,35)25-15-18(28)7-11-24(25)36-2/h6-11,14-16H,3-5,12-13H2,1-2H3,(H,30,32).